The number of hydrogen-bond donors (Lipinski definition) is 1. The minimum atomic E-state index is 0.116. The molecular formula is C35H43N5O2. The van der Waals surface area contributed by atoms with Gasteiger partial charge in [0.25, 0.3) is 5.91 Å². The lowest BCUT2D eigenvalue weighted by Gasteiger charge is -2.27. The number of carbonyl (C=O) groups is 1. The van der Waals surface area contributed by atoms with Crippen molar-refractivity contribution in [3.05, 3.63) is 47.5 Å². The number of piperidine rings is 2. The highest BCUT2D eigenvalue weighted by molar-refractivity contribution is 6.00. The lowest BCUT2D eigenvalue weighted by Crippen LogP contribution is -2.38. The fourth-order valence-electron chi connectivity index (χ4n) is 8.31. The van der Waals surface area contributed by atoms with E-state index in [2.05, 4.69) is 57.6 Å². The first-order chi connectivity index (χ1) is 20.5. The van der Waals surface area contributed by atoms with Gasteiger partial charge in [-0.05, 0) is 112 Å². The Morgan fingerprint density at radius 3 is 2.57 bits per heavy atom. The van der Waals surface area contributed by atoms with Crippen LogP contribution < -0.4 is 10.1 Å². The highest BCUT2D eigenvalue weighted by Gasteiger charge is 2.46. The molecule has 2 bridgehead atoms. The molecule has 7 nitrogen and oxygen atoms in total. The molecule has 4 fully saturated rings. The third-order valence-electron chi connectivity index (χ3n) is 11.0. The third-order valence-corrected chi connectivity index (χ3v) is 11.0. The summed E-state index contributed by atoms with van der Waals surface area (Å²) < 4.78 is 10.6. The van der Waals surface area contributed by atoms with Crippen LogP contribution in [0.15, 0.2) is 36.4 Å². The zero-order valence-corrected chi connectivity index (χ0v) is 25.2. The molecule has 2 aromatic carbocycles. The number of amides is 1. The van der Waals surface area contributed by atoms with Gasteiger partial charge in [0.15, 0.2) is 5.82 Å². The Balaban J connectivity index is 1.19. The van der Waals surface area contributed by atoms with Gasteiger partial charge >= 0.3 is 0 Å². The average Bonchev–Trinajstić information content (AvgIpc) is 3.42. The minimum Gasteiger partial charge on any atom is -0.494 e. The van der Waals surface area contributed by atoms with Gasteiger partial charge in [-0.2, -0.15) is 0 Å². The molecule has 0 spiro atoms. The maximum atomic E-state index is 13.8. The quantitative estimate of drug-likeness (QED) is 0.297. The molecule has 4 aliphatic rings. The summed E-state index contributed by atoms with van der Waals surface area (Å²) in [5, 5.41) is 4.77. The van der Waals surface area contributed by atoms with E-state index in [0.29, 0.717) is 29.2 Å². The molecule has 2 aromatic heterocycles. The summed E-state index contributed by atoms with van der Waals surface area (Å²) in [5.41, 5.74) is 6.35. The molecule has 1 amide bonds. The number of imidazole rings is 1. The molecule has 4 heterocycles. The van der Waals surface area contributed by atoms with E-state index in [-0.39, 0.29) is 5.91 Å². The maximum Gasteiger partial charge on any atom is 0.254 e. The van der Waals surface area contributed by atoms with E-state index in [4.69, 9.17) is 9.72 Å². The van der Waals surface area contributed by atoms with E-state index >= 15 is 0 Å². The Morgan fingerprint density at radius 2 is 1.86 bits per heavy atom. The van der Waals surface area contributed by atoms with Gasteiger partial charge in [-0.3, -0.25) is 4.79 Å². The van der Waals surface area contributed by atoms with Crippen molar-refractivity contribution in [2.24, 2.45) is 30.7 Å². The van der Waals surface area contributed by atoms with Gasteiger partial charge in [-0.15, -0.1) is 0 Å². The van der Waals surface area contributed by atoms with Crippen LogP contribution in [0.5, 0.6) is 5.75 Å². The molecule has 3 unspecified atom stereocenters. The third kappa shape index (κ3) is 4.34. The minimum absolute atomic E-state index is 0.116. The first kappa shape index (κ1) is 26.3. The second-order valence-corrected chi connectivity index (χ2v) is 13.6. The summed E-state index contributed by atoms with van der Waals surface area (Å²) in [6, 6.07) is 13.7. The molecule has 0 radical (unpaired) electrons. The normalized spacial score (nSPS) is 24.4. The molecule has 4 aromatic rings. The number of rotatable bonds is 7. The van der Waals surface area contributed by atoms with Crippen LogP contribution in [0.1, 0.15) is 61.4 Å². The first-order valence-corrected chi connectivity index (χ1v) is 16.2. The standard InChI is InChI=1S/C35H43N5O2/c1-21-26-8-9-29(21)40(20-26)35(41)27-16-28-33(32(18-27)42-3)38(2)34(37-28)31-17-25-7-6-24(14-22-10-12-36-13-11-22)15-30(25)39(31)19-23-4-5-23/h6-7,15-18,21-23,26,29,36H,4-5,8-14,19-20H2,1-3H3. The molecular weight excluding hydrogens is 522 g/mol. The Morgan fingerprint density at radius 1 is 1.02 bits per heavy atom. The molecule has 220 valence electrons. The summed E-state index contributed by atoms with van der Waals surface area (Å²) in [4.78, 5) is 21.1. The molecule has 3 atom stereocenters. The van der Waals surface area contributed by atoms with Crippen molar-refractivity contribution >= 4 is 27.8 Å². The lowest BCUT2D eigenvalue weighted by atomic mass is 9.91. The van der Waals surface area contributed by atoms with E-state index in [1.807, 2.05) is 12.1 Å². The van der Waals surface area contributed by atoms with Gasteiger partial charge in [-0.1, -0.05) is 19.1 Å². The molecule has 2 saturated heterocycles. The van der Waals surface area contributed by atoms with Gasteiger partial charge in [-0.25, -0.2) is 4.98 Å². The van der Waals surface area contributed by atoms with E-state index < -0.39 is 0 Å². The highest BCUT2D eigenvalue weighted by atomic mass is 16.5. The van der Waals surface area contributed by atoms with E-state index in [1.54, 1.807) is 7.11 Å². The summed E-state index contributed by atoms with van der Waals surface area (Å²) in [7, 11) is 3.78. The van der Waals surface area contributed by atoms with Crippen molar-refractivity contribution in [3.63, 3.8) is 0 Å². The van der Waals surface area contributed by atoms with Crippen LogP contribution in [-0.4, -0.2) is 57.7 Å². The summed E-state index contributed by atoms with van der Waals surface area (Å²) in [6.45, 7) is 6.48. The van der Waals surface area contributed by atoms with Crippen molar-refractivity contribution in [2.45, 2.75) is 64.5 Å². The zero-order valence-electron chi connectivity index (χ0n) is 25.2. The predicted molar refractivity (Wildman–Crippen MR) is 167 cm³/mol. The van der Waals surface area contributed by atoms with E-state index in [1.165, 1.54) is 48.6 Å². The molecule has 42 heavy (non-hydrogen) atoms. The molecule has 7 heteroatoms. The first-order valence-electron chi connectivity index (χ1n) is 16.2. The van der Waals surface area contributed by atoms with Crippen LogP contribution in [0, 0.1) is 23.7 Å². The number of benzene rings is 2. The molecule has 2 aliphatic carbocycles. The second-order valence-electron chi connectivity index (χ2n) is 13.6. The van der Waals surface area contributed by atoms with Crippen LogP contribution in [0.2, 0.25) is 0 Å². The van der Waals surface area contributed by atoms with Gasteiger partial charge in [0.05, 0.1) is 18.3 Å². The number of aryl methyl sites for hydroxylation is 1. The number of likely N-dealkylation sites (tertiary alicyclic amines) is 1. The Labute approximate surface area is 248 Å². The number of nitrogens with zero attached hydrogens (tertiary/aromatic N) is 4. The number of carbonyl (C=O) groups excluding carboxylic acids is 1. The molecule has 2 saturated carbocycles. The number of nitrogens with one attached hydrogen (secondary N) is 1. The van der Waals surface area contributed by atoms with Gasteiger partial charge in [0, 0.05) is 42.6 Å². The SMILES string of the molecule is COc1cc(C(=O)N2CC3CCC2C3C)cc2nc(-c3cc4ccc(CC5CCNCC5)cc4n3CC3CC3)n(C)c12. The van der Waals surface area contributed by atoms with Crippen molar-refractivity contribution in [3.8, 4) is 17.3 Å². The fourth-order valence-corrected chi connectivity index (χ4v) is 8.31. The second kappa shape index (κ2) is 10.1. The van der Waals surface area contributed by atoms with Gasteiger partial charge in [0.1, 0.15) is 11.3 Å². The van der Waals surface area contributed by atoms with Crippen molar-refractivity contribution in [1.82, 2.24) is 24.3 Å². The van der Waals surface area contributed by atoms with Crippen molar-refractivity contribution in [1.29, 1.82) is 0 Å². The van der Waals surface area contributed by atoms with Gasteiger partial charge < -0.3 is 24.1 Å². The van der Waals surface area contributed by atoms with E-state index in [9.17, 15) is 4.79 Å². The Kier molecular flexibility index (Phi) is 6.36. The monoisotopic (exact) mass is 565 g/mol. The Bertz CT molecular complexity index is 1670. The van der Waals surface area contributed by atoms with Crippen LogP contribution in [0.4, 0.5) is 0 Å². The van der Waals surface area contributed by atoms with Crippen molar-refractivity contribution in [2.75, 3.05) is 26.7 Å². The number of ether oxygens (including phenoxy) is 1. The zero-order chi connectivity index (χ0) is 28.5. The number of methoxy groups -OCH3 is 1. The topological polar surface area (TPSA) is 64.3 Å². The fraction of sp³-hybridized carbons (Fsp3) is 0.543. The number of fused-ring (bicyclic) bond motifs is 4. The largest absolute Gasteiger partial charge is 0.494 e. The average molecular weight is 566 g/mol. The molecule has 8 rings (SSSR count). The number of hydrogen-bond acceptors (Lipinski definition) is 4. The predicted octanol–water partition coefficient (Wildman–Crippen LogP) is 6.03. The van der Waals surface area contributed by atoms with Crippen LogP contribution in [-0.2, 0) is 20.0 Å². The van der Waals surface area contributed by atoms with Crippen LogP contribution in [0.25, 0.3) is 33.5 Å². The lowest BCUT2D eigenvalue weighted by molar-refractivity contribution is 0.0696. The van der Waals surface area contributed by atoms with Crippen molar-refractivity contribution < 1.29 is 9.53 Å². The highest BCUT2D eigenvalue weighted by Crippen LogP contribution is 2.44. The van der Waals surface area contributed by atoms with Crippen LogP contribution >= 0.6 is 0 Å². The Hall–Kier alpha value is -3.32. The summed E-state index contributed by atoms with van der Waals surface area (Å²) >= 11 is 0. The van der Waals surface area contributed by atoms with Crippen LogP contribution in [0.3, 0.4) is 0 Å². The van der Waals surface area contributed by atoms with Gasteiger partial charge in [0.2, 0.25) is 0 Å². The summed E-state index contributed by atoms with van der Waals surface area (Å²) in [5.74, 6) is 4.49. The smallest absolute Gasteiger partial charge is 0.254 e. The maximum absolute atomic E-state index is 13.8. The summed E-state index contributed by atoms with van der Waals surface area (Å²) in [6.07, 6.45) is 8.64. The van der Waals surface area contributed by atoms with E-state index in [0.717, 1.165) is 73.4 Å². The number of aromatic nitrogens is 3. The molecule has 2 aliphatic heterocycles. The molecule has 1 N–H and O–H groups in total.